The van der Waals surface area contributed by atoms with Gasteiger partial charge < -0.3 is 0 Å². The molecule has 0 atom stereocenters. The lowest BCUT2D eigenvalue weighted by Crippen LogP contribution is -1.45. The fraction of sp³-hybridized carbons (Fsp3) is 0. The molecule has 0 aromatic heterocycles. The highest BCUT2D eigenvalue weighted by Crippen LogP contribution is 1.86. The van der Waals surface area contributed by atoms with Crippen LogP contribution in [0.3, 0.4) is 0 Å². The third-order valence-electron chi connectivity index (χ3n) is 0. The van der Waals surface area contributed by atoms with Gasteiger partial charge in [0.1, 0.15) is 0 Å². The molecule has 0 aliphatic carbocycles. The van der Waals surface area contributed by atoms with Crippen LogP contribution in [0, 0.1) is 0 Å². The quantitative estimate of drug-likeness (QED) is 0.361. The summed E-state index contributed by atoms with van der Waals surface area (Å²) in [6.07, 6.45) is 0. The molecule has 5 heavy (non-hydrogen) atoms. The highest BCUT2D eigenvalue weighted by atomic mass is 35.5. The number of hydrogen-bond acceptors (Lipinski definition) is 1. The first kappa shape index (κ1) is 9.14. The van der Waals surface area contributed by atoms with E-state index >= 15 is 0 Å². The second-order valence-electron chi connectivity index (χ2n) is 0.226. The molecule has 0 rings (SSSR count). The summed E-state index contributed by atoms with van der Waals surface area (Å²) in [5.74, 6) is 0. The maximum atomic E-state index is 4.77. The summed E-state index contributed by atoms with van der Waals surface area (Å²) in [4.78, 5) is 0. The lowest BCUT2D eigenvalue weighted by Gasteiger charge is -1.53. The second-order valence-corrected chi connectivity index (χ2v) is 2.03. The third kappa shape index (κ3) is 86.4. The molecule has 0 aliphatic rings. The van der Waals surface area contributed by atoms with E-state index in [0.717, 1.165) is 0 Å². The summed E-state index contributed by atoms with van der Waals surface area (Å²) >= 11 is 13.6. The Morgan fingerprint density at radius 1 is 1.40 bits per heavy atom. The van der Waals surface area contributed by atoms with Crippen LogP contribution in [0.4, 0.5) is 4.70 Å². The topological polar surface area (TPSA) is 0 Å². The van der Waals surface area contributed by atoms with Crippen LogP contribution >= 0.6 is 35.4 Å². The van der Waals surface area contributed by atoms with Crippen molar-refractivity contribution in [2.75, 3.05) is 0 Å². The van der Waals surface area contributed by atoms with Crippen molar-refractivity contribution in [3.05, 3.63) is 0 Å². The predicted octanol–water partition coefficient (Wildman–Crippen LogP) is 1.90. The molecule has 0 N–H and O–H groups in total. The second kappa shape index (κ2) is 4.60. The van der Waals surface area contributed by atoms with Crippen molar-refractivity contribution in [1.29, 1.82) is 0 Å². The smallest absolute Gasteiger partial charge is 0.169 e. The molecule has 0 aromatic rings. The normalized spacial score (nSPS) is 5.20. The van der Waals surface area contributed by atoms with Crippen molar-refractivity contribution in [1.82, 2.24) is 0 Å². The minimum Gasteiger partial charge on any atom is -0.269 e. The molecule has 0 bridgehead atoms. The zero-order valence-electron chi connectivity index (χ0n) is 2.07. The maximum Gasteiger partial charge on any atom is 0.169 e. The molecule has 0 spiro atoms. The monoisotopic (exact) mass is 134 g/mol. The highest BCUT2D eigenvalue weighted by Gasteiger charge is 1.64. The van der Waals surface area contributed by atoms with E-state index in [9.17, 15) is 0 Å². The third-order valence-corrected chi connectivity index (χ3v) is 0. The van der Waals surface area contributed by atoms with E-state index in [1.807, 2.05) is 0 Å². The van der Waals surface area contributed by atoms with Crippen LogP contribution in [0.2, 0.25) is 0 Å². The summed E-state index contributed by atoms with van der Waals surface area (Å²) in [5.41, 5.74) is 0. The van der Waals surface area contributed by atoms with Crippen molar-refractivity contribution in [3.8, 4) is 0 Å². The summed E-state index contributed by atoms with van der Waals surface area (Å²) in [6, 6.07) is 0. The fourth-order valence-electron chi connectivity index (χ4n) is 0. The van der Waals surface area contributed by atoms with Crippen molar-refractivity contribution in [2.24, 2.45) is 0 Å². The van der Waals surface area contributed by atoms with Crippen molar-refractivity contribution < 1.29 is 4.70 Å². The van der Waals surface area contributed by atoms with E-state index in [4.69, 9.17) is 23.2 Å². The molecule has 0 unspecified atom stereocenters. The largest absolute Gasteiger partial charge is 0.269 e. The van der Waals surface area contributed by atoms with Gasteiger partial charge in [-0.05, 0) is 0 Å². The minimum atomic E-state index is -0.0556. The predicted molar refractivity (Wildman–Crippen MR) is 26.8 cm³/mol. The van der Waals surface area contributed by atoms with Gasteiger partial charge in [0.05, 0.1) is 0 Å². The molecule has 0 saturated carbocycles. The zero-order chi connectivity index (χ0) is 3.58. The molecule has 0 aliphatic heterocycles. The summed E-state index contributed by atoms with van der Waals surface area (Å²) in [5, 5.41) is 0. The van der Waals surface area contributed by atoms with Gasteiger partial charge in [-0.15, -0.1) is 0 Å². The molecule has 0 heterocycles. The van der Waals surface area contributed by atoms with E-state index in [1.165, 1.54) is 0 Å². The Morgan fingerprint density at radius 3 is 1.40 bits per heavy atom. The first-order chi connectivity index (χ1) is 1.73. The van der Waals surface area contributed by atoms with Crippen LogP contribution in [0.5, 0.6) is 0 Å². The average molecular weight is 135 g/mol. The SMILES string of the molecule is F.S=C(Cl)Cl. The van der Waals surface area contributed by atoms with E-state index in [2.05, 4.69) is 12.2 Å². The summed E-state index contributed by atoms with van der Waals surface area (Å²) in [7, 11) is 0. The number of thiocarbonyl (C=S) groups is 1. The standard InChI is InChI=1S/CCl2S.FH/c2-1(3)4;/h;1H. The number of hydrogen-bond donors (Lipinski definition) is 0. The van der Waals surface area contributed by atoms with Crippen LogP contribution in [0.1, 0.15) is 0 Å². The number of rotatable bonds is 0. The molecule has 0 saturated heterocycles. The summed E-state index contributed by atoms with van der Waals surface area (Å²) < 4.78 is -0.0556. The van der Waals surface area contributed by atoms with E-state index in [-0.39, 0.29) is 8.49 Å². The van der Waals surface area contributed by atoms with E-state index in [0.29, 0.717) is 0 Å². The average Bonchev–Trinajstić information content (AvgIpc) is 0.811. The molecule has 0 fully saturated rings. The van der Waals surface area contributed by atoms with Gasteiger partial charge in [-0.2, -0.15) is 0 Å². The summed E-state index contributed by atoms with van der Waals surface area (Å²) in [6.45, 7) is 0. The molecular formula is CHCl2FS. The van der Waals surface area contributed by atoms with Gasteiger partial charge in [0.2, 0.25) is 0 Å². The Hall–Kier alpha value is 0.600. The Morgan fingerprint density at radius 2 is 1.40 bits per heavy atom. The zero-order valence-corrected chi connectivity index (χ0v) is 4.40. The van der Waals surface area contributed by atoms with Gasteiger partial charge >= 0.3 is 0 Å². The number of halogens is 3. The highest BCUT2D eigenvalue weighted by molar-refractivity contribution is 7.86. The Balaban J connectivity index is 0. The Kier molecular flexibility index (Phi) is 8.41. The molecule has 0 radical (unpaired) electrons. The van der Waals surface area contributed by atoms with Crippen molar-refractivity contribution in [2.45, 2.75) is 0 Å². The fourth-order valence-corrected chi connectivity index (χ4v) is 0. The van der Waals surface area contributed by atoms with Gasteiger partial charge in [0, 0.05) is 0 Å². The first-order valence-corrected chi connectivity index (χ1v) is 1.75. The van der Waals surface area contributed by atoms with E-state index in [1.54, 1.807) is 0 Å². The molecule has 4 heteroatoms. The Labute approximate surface area is 44.4 Å². The molecule has 0 amide bonds. The molecular weight excluding hydrogens is 134 g/mol. The lowest BCUT2D eigenvalue weighted by atomic mass is 11.9. The van der Waals surface area contributed by atoms with Gasteiger partial charge in [0.25, 0.3) is 0 Å². The molecule has 0 nitrogen and oxygen atoms in total. The maximum absolute atomic E-state index is 4.77. The van der Waals surface area contributed by atoms with Crippen LogP contribution in [0.25, 0.3) is 0 Å². The molecule has 32 valence electrons. The van der Waals surface area contributed by atoms with Crippen LogP contribution in [-0.4, -0.2) is 3.78 Å². The van der Waals surface area contributed by atoms with Crippen molar-refractivity contribution in [3.63, 3.8) is 0 Å². The van der Waals surface area contributed by atoms with Gasteiger partial charge in [0.15, 0.2) is 3.78 Å². The van der Waals surface area contributed by atoms with Gasteiger partial charge in [-0.1, -0.05) is 35.4 Å². The van der Waals surface area contributed by atoms with Gasteiger partial charge in [-0.25, -0.2) is 0 Å². The molecule has 0 aromatic carbocycles. The van der Waals surface area contributed by atoms with Crippen LogP contribution in [0.15, 0.2) is 0 Å². The first-order valence-electron chi connectivity index (χ1n) is 0.582. The Bertz CT molecular complexity index is 32.6. The van der Waals surface area contributed by atoms with Gasteiger partial charge in [-0.3, -0.25) is 4.70 Å². The minimum absolute atomic E-state index is 0. The van der Waals surface area contributed by atoms with Crippen LogP contribution in [-0.2, 0) is 0 Å². The van der Waals surface area contributed by atoms with Crippen LogP contribution < -0.4 is 0 Å². The lowest BCUT2D eigenvalue weighted by molar-refractivity contribution is 1.11. The van der Waals surface area contributed by atoms with Crippen molar-refractivity contribution >= 4 is 39.2 Å². The van der Waals surface area contributed by atoms with E-state index < -0.39 is 0 Å².